The predicted molar refractivity (Wildman–Crippen MR) is 70.9 cm³/mol. The van der Waals surface area contributed by atoms with Gasteiger partial charge in [0.2, 0.25) is 5.91 Å². The Bertz CT molecular complexity index is 485. The van der Waals surface area contributed by atoms with E-state index in [-0.39, 0.29) is 18.4 Å². The summed E-state index contributed by atoms with van der Waals surface area (Å²) < 4.78 is 6.14. The van der Waals surface area contributed by atoms with E-state index in [1.54, 1.807) is 11.6 Å². The molecule has 1 amide bonds. The highest BCUT2D eigenvalue weighted by molar-refractivity contribution is 6.31. The standard InChI is InChI=1S/C12H18ClN3O3/c1-7(12(18)14-5-10(17)19-4)6-16-9(3)11(13)8(2)15-16/h7H,5-6H2,1-4H3,(H,14,18). The summed E-state index contributed by atoms with van der Waals surface area (Å²) in [6.45, 7) is 5.70. The van der Waals surface area contributed by atoms with Crippen LogP contribution in [0.4, 0.5) is 0 Å². The summed E-state index contributed by atoms with van der Waals surface area (Å²) in [6, 6.07) is 0. The van der Waals surface area contributed by atoms with Gasteiger partial charge in [-0.25, -0.2) is 0 Å². The summed E-state index contributed by atoms with van der Waals surface area (Å²) >= 11 is 6.04. The lowest BCUT2D eigenvalue weighted by Crippen LogP contribution is -2.35. The number of halogens is 1. The largest absolute Gasteiger partial charge is 0.468 e. The lowest BCUT2D eigenvalue weighted by molar-refractivity contribution is -0.141. The first-order valence-electron chi connectivity index (χ1n) is 5.90. The van der Waals surface area contributed by atoms with Crippen LogP contribution < -0.4 is 5.32 Å². The van der Waals surface area contributed by atoms with Crippen LogP contribution in [0.15, 0.2) is 0 Å². The van der Waals surface area contributed by atoms with Gasteiger partial charge in [0.15, 0.2) is 0 Å². The molecule has 0 spiro atoms. The molecule has 19 heavy (non-hydrogen) atoms. The molecule has 0 aliphatic carbocycles. The van der Waals surface area contributed by atoms with Crippen LogP contribution in [0.3, 0.4) is 0 Å². The number of carbonyl (C=O) groups is 2. The van der Waals surface area contributed by atoms with Gasteiger partial charge < -0.3 is 10.1 Å². The fourth-order valence-electron chi connectivity index (χ4n) is 1.60. The zero-order chi connectivity index (χ0) is 14.6. The van der Waals surface area contributed by atoms with Gasteiger partial charge in [0.05, 0.1) is 36.0 Å². The van der Waals surface area contributed by atoms with Crippen LogP contribution in [0.2, 0.25) is 5.02 Å². The monoisotopic (exact) mass is 287 g/mol. The molecule has 0 bridgehead atoms. The van der Waals surface area contributed by atoms with E-state index in [0.29, 0.717) is 11.6 Å². The Balaban J connectivity index is 2.59. The molecular formula is C12H18ClN3O3. The average Bonchev–Trinajstić information content (AvgIpc) is 2.63. The summed E-state index contributed by atoms with van der Waals surface area (Å²) in [6.07, 6.45) is 0. The highest BCUT2D eigenvalue weighted by Crippen LogP contribution is 2.19. The number of nitrogens with one attached hydrogen (secondary N) is 1. The topological polar surface area (TPSA) is 73.2 Å². The highest BCUT2D eigenvalue weighted by Gasteiger charge is 2.17. The Kier molecular flexibility index (Phi) is 5.35. The van der Waals surface area contributed by atoms with E-state index in [1.807, 2.05) is 13.8 Å². The molecule has 1 aromatic rings. The van der Waals surface area contributed by atoms with Gasteiger partial charge in [0.1, 0.15) is 6.54 Å². The summed E-state index contributed by atoms with van der Waals surface area (Å²) in [7, 11) is 1.27. The average molecular weight is 288 g/mol. The maximum Gasteiger partial charge on any atom is 0.325 e. The van der Waals surface area contributed by atoms with Crippen molar-refractivity contribution in [2.45, 2.75) is 27.3 Å². The molecule has 1 unspecified atom stereocenters. The minimum absolute atomic E-state index is 0.127. The van der Waals surface area contributed by atoms with Gasteiger partial charge in [0, 0.05) is 0 Å². The van der Waals surface area contributed by atoms with Crippen LogP contribution in [0.5, 0.6) is 0 Å². The number of nitrogens with zero attached hydrogens (tertiary/aromatic N) is 2. The number of methoxy groups -OCH3 is 1. The van der Waals surface area contributed by atoms with E-state index in [2.05, 4.69) is 15.2 Å². The van der Waals surface area contributed by atoms with E-state index in [1.165, 1.54) is 7.11 Å². The summed E-state index contributed by atoms with van der Waals surface area (Å²) in [4.78, 5) is 22.7. The van der Waals surface area contributed by atoms with Gasteiger partial charge in [-0.2, -0.15) is 5.10 Å². The number of aryl methyl sites for hydroxylation is 1. The second-order valence-electron chi connectivity index (χ2n) is 4.36. The van der Waals surface area contributed by atoms with Gasteiger partial charge in [0.25, 0.3) is 0 Å². The van der Waals surface area contributed by atoms with Crippen molar-refractivity contribution in [3.05, 3.63) is 16.4 Å². The molecule has 0 aliphatic heterocycles. The van der Waals surface area contributed by atoms with Crippen molar-refractivity contribution in [2.24, 2.45) is 5.92 Å². The third kappa shape index (κ3) is 3.96. The smallest absolute Gasteiger partial charge is 0.325 e. The second kappa shape index (κ2) is 6.56. The molecule has 0 aliphatic rings. The molecule has 1 heterocycles. The zero-order valence-corrected chi connectivity index (χ0v) is 12.2. The van der Waals surface area contributed by atoms with Crippen molar-refractivity contribution in [3.63, 3.8) is 0 Å². The van der Waals surface area contributed by atoms with Gasteiger partial charge in [-0.3, -0.25) is 14.3 Å². The van der Waals surface area contributed by atoms with E-state index in [0.717, 1.165) is 11.4 Å². The molecule has 106 valence electrons. The molecular weight excluding hydrogens is 270 g/mol. The van der Waals surface area contributed by atoms with E-state index in [9.17, 15) is 9.59 Å². The second-order valence-corrected chi connectivity index (χ2v) is 4.74. The molecule has 1 aromatic heterocycles. The number of ether oxygens (including phenoxy) is 1. The summed E-state index contributed by atoms with van der Waals surface area (Å²) in [5.74, 6) is -1.03. The predicted octanol–water partition coefficient (Wildman–Crippen LogP) is 1.08. The molecule has 6 nitrogen and oxygen atoms in total. The molecule has 0 radical (unpaired) electrons. The van der Waals surface area contributed by atoms with Crippen LogP contribution in [0.25, 0.3) is 0 Å². The first-order chi connectivity index (χ1) is 8.86. The maximum atomic E-state index is 11.8. The highest BCUT2D eigenvalue weighted by atomic mass is 35.5. The number of rotatable bonds is 5. The number of hydrogen-bond acceptors (Lipinski definition) is 4. The minimum atomic E-state index is -0.477. The first kappa shape index (κ1) is 15.5. The van der Waals surface area contributed by atoms with Crippen molar-refractivity contribution >= 4 is 23.5 Å². The SMILES string of the molecule is COC(=O)CNC(=O)C(C)Cn1nc(C)c(Cl)c1C. The maximum absolute atomic E-state index is 11.8. The Morgan fingerprint density at radius 2 is 2.11 bits per heavy atom. The van der Waals surface area contributed by atoms with Crippen LogP contribution in [-0.2, 0) is 20.9 Å². The van der Waals surface area contributed by atoms with Gasteiger partial charge in [-0.1, -0.05) is 18.5 Å². The quantitative estimate of drug-likeness (QED) is 0.823. The third-order valence-corrected chi connectivity index (χ3v) is 3.37. The number of aromatic nitrogens is 2. The Labute approximate surface area is 117 Å². The van der Waals surface area contributed by atoms with Crippen molar-refractivity contribution in [1.29, 1.82) is 0 Å². The minimum Gasteiger partial charge on any atom is -0.468 e. The van der Waals surface area contributed by atoms with Crippen molar-refractivity contribution in [1.82, 2.24) is 15.1 Å². The molecule has 0 saturated heterocycles. The van der Waals surface area contributed by atoms with Crippen LogP contribution in [0.1, 0.15) is 18.3 Å². The van der Waals surface area contributed by atoms with E-state index < -0.39 is 5.97 Å². The number of hydrogen-bond donors (Lipinski definition) is 1. The van der Waals surface area contributed by atoms with Crippen molar-refractivity contribution in [3.8, 4) is 0 Å². The number of amides is 1. The molecule has 0 aromatic carbocycles. The van der Waals surface area contributed by atoms with E-state index >= 15 is 0 Å². The molecule has 1 atom stereocenters. The number of esters is 1. The zero-order valence-electron chi connectivity index (χ0n) is 11.5. The van der Waals surface area contributed by atoms with Gasteiger partial charge >= 0.3 is 5.97 Å². The fraction of sp³-hybridized carbons (Fsp3) is 0.583. The molecule has 7 heteroatoms. The molecule has 0 saturated carbocycles. The van der Waals surface area contributed by atoms with Gasteiger partial charge in [-0.05, 0) is 13.8 Å². The summed E-state index contributed by atoms with van der Waals surface area (Å²) in [5, 5.41) is 7.38. The Morgan fingerprint density at radius 3 is 2.58 bits per heavy atom. The molecule has 1 rings (SSSR count). The third-order valence-electron chi connectivity index (χ3n) is 2.82. The molecule has 1 N–H and O–H groups in total. The normalized spacial score (nSPS) is 12.1. The molecule has 0 fully saturated rings. The van der Waals surface area contributed by atoms with Gasteiger partial charge in [-0.15, -0.1) is 0 Å². The number of carbonyl (C=O) groups excluding carboxylic acids is 2. The first-order valence-corrected chi connectivity index (χ1v) is 6.28. The van der Waals surface area contributed by atoms with E-state index in [4.69, 9.17) is 11.6 Å². The Hall–Kier alpha value is -1.56. The Morgan fingerprint density at radius 1 is 1.47 bits per heavy atom. The van der Waals surface area contributed by atoms with Crippen LogP contribution >= 0.6 is 11.6 Å². The lowest BCUT2D eigenvalue weighted by atomic mass is 10.1. The van der Waals surface area contributed by atoms with Crippen LogP contribution in [0, 0.1) is 19.8 Å². The van der Waals surface area contributed by atoms with Crippen molar-refractivity contribution in [2.75, 3.05) is 13.7 Å². The van der Waals surface area contributed by atoms with Crippen molar-refractivity contribution < 1.29 is 14.3 Å². The fourth-order valence-corrected chi connectivity index (χ4v) is 1.74. The van der Waals surface area contributed by atoms with Crippen LogP contribution in [-0.4, -0.2) is 35.3 Å². The summed E-state index contributed by atoms with van der Waals surface area (Å²) in [5.41, 5.74) is 1.56. The lowest BCUT2D eigenvalue weighted by Gasteiger charge is -2.12.